The lowest BCUT2D eigenvalue weighted by Gasteiger charge is -2.38. The van der Waals surface area contributed by atoms with Gasteiger partial charge in [-0.05, 0) is 44.4 Å². The molecule has 2 fully saturated rings. The molecule has 3 unspecified atom stereocenters. The molecule has 1 N–H and O–H groups in total. The molecule has 0 saturated carbocycles. The molecule has 0 radical (unpaired) electrons. The molecule has 2 aliphatic rings. The molecular formula is C22H32FN3O3. The van der Waals surface area contributed by atoms with Crippen molar-refractivity contribution >= 4 is 11.8 Å². The van der Waals surface area contributed by atoms with Crippen LogP contribution in [0.25, 0.3) is 0 Å². The van der Waals surface area contributed by atoms with E-state index in [0.717, 1.165) is 38.2 Å². The number of nitrogens with zero attached hydrogens (tertiary/aromatic N) is 2. The minimum Gasteiger partial charge on any atom is -0.379 e. The number of amides is 2. The quantitative estimate of drug-likeness (QED) is 0.785. The van der Waals surface area contributed by atoms with Crippen molar-refractivity contribution in [3.05, 3.63) is 35.6 Å². The summed E-state index contributed by atoms with van der Waals surface area (Å²) in [6.07, 6.45) is 1.86. The lowest BCUT2D eigenvalue weighted by molar-refractivity contribution is -0.135. The molecule has 0 aliphatic carbocycles. The summed E-state index contributed by atoms with van der Waals surface area (Å²) < 4.78 is 18.5. The van der Waals surface area contributed by atoms with Gasteiger partial charge >= 0.3 is 0 Å². The number of carbonyl (C=O) groups excluding carboxylic acids is 2. The second-order valence-corrected chi connectivity index (χ2v) is 8.24. The number of likely N-dealkylation sites (tertiary alicyclic amines) is 1. The molecule has 2 heterocycles. The van der Waals surface area contributed by atoms with Crippen LogP contribution in [0.3, 0.4) is 0 Å². The van der Waals surface area contributed by atoms with Gasteiger partial charge in [0, 0.05) is 38.3 Å². The lowest BCUT2D eigenvalue weighted by atomic mass is 9.96. The number of halogens is 1. The third-order valence-corrected chi connectivity index (χ3v) is 5.97. The van der Waals surface area contributed by atoms with Crippen LogP contribution in [0.4, 0.5) is 4.39 Å². The Morgan fingerprint density at radius 3 is 2.76 bits per heavy atom. The third-order valence-electron chi connectivity index (χ3n) is 5.97. The topological polar surface area (TPSA) is 61.9 Å². The van der Waals surface area contributed by atoms with Gasteiger partial charge in [-0.25, -0.2) is 4.39 Å². The highest BCUT2D eigenvalue weighted by Gasteiger charge is 2.29. The van der Waals surface area contributed by atoms with Gasteiger partial charge in [-0.2, -0.15) is 0 Å². The van der Waals surface area contributed by atoms with Crippen LogP contribution in [0.1, 0.15) is 32.3 Å². The Labute approximate surface area is 172 Å². The first-order valence-corrected chi connectivity index (χ1v) is 10.6. The number of nitrogens with one attached hydrogen (secondary N) is 1. The number of carbonyl (C=O) groups is 2. The van der Waals surface area contributed by atoms with E-state index in [1.165, 1.54) is 12.1 Å². The maximum atomic E-state index is 13.0. The van der Waals surface area contributed by atoms with Crippen LogP contribution in [0.15, 0.2) is 24.3 Å². The highest BCUT2D eigenvalue weighted by atomic mass is 19.1. The monoisotopic (exact) mass is 405 g/mol. The van der Waals surface area contributed by atoms with Gasteiger partial charge in [0.2, 0.25) is 11.8 Å². The number of hydrogen-bond acceptors (Lipinski definition) is 4. The van der Waals surface area contributed by atoms with Gasteiger partial charge < -0.3 is 15.0 Å². The SMILES string of the molecule is CC(CNC(=O)C1CCCN(C(=O)Cc2ccc(F)cc2)C1)N1CCOCC1C. The Kier molecular flexibility index (Phi) is 7.61. The molecule has 0 spiro atoms. The summed E-state index contributed by atoms with van der Waals surface area (Å²) in [6.45, 7) is 8.34. The van der Waals surface area contributed by atoms with E-state index in [2.05, 4.69) is 24.1 Å². The van der Waals surface area contributed by atoms with Crippen LogP contribution in [0, 0.1) is 11.7 Å². The van der Waals surface area contributed by atoms with Crippen molar-refractivity contribution in [1.82, 2.24) is 15.1 Å². The fourth-order valence-electron chi connectivity index (χ4n) is 4.21. The molecule has 3 atom stereocenters. The lowest BCUT2D eigenvalue weighted by Crippen LogP contribution is -2.53. The Balaban J connectivity index is 1.47. The number of benzene rings is 1. The molecule has 6 nitrogen and oxygen atoms in total. The van der Waals surface area contributed by atoms with Crippen molar-refractivity contribution in [2.24, 2.45) is 5.92 Å². The van der Waals surface area contributed by atoms with Crippen LogP contribution in [-0.4, -0.2) is 73.1 Å². The van der Waals surface area contributed by atoms with E-state index in [9.17, 15) is 14.0 Å². The summed E-state index contributed by atoms with van der Waals surface area (Å²) in [5.41, 5.74) is 0.788. The molecule has 2 saturated heterocycles. The average molecular weight is 406 g/mol. The zero-order valence-corrected chi connectivity index (χ0v) is 17.4. The van der Waals surface area contributed by atoms with Crippen LogP contribution >= 0.6 is 0 Å². The second kappa shape index (κ2) is 10.2. The van der Waals surface area contributed by atoms with Crippen LogP contribution in [0.5, 0.6) is 0 Å². The Bertz CT molecular complexity index is 697. The molecule has 3 rings (SSSR count). The number of rotatable bonds is 6. The Morgan fingerprint density at radius 2 is 2.03 bits per heavy atom. The summed E-state index contributed by atoms with van der Waals surface area (Å²) in [6, 6.07) is 6.60. The summed E-state index contributed by atoms with van der Waals surface area (Å²) >= 11 is 0. The maximum Gasteiger partial charge on any atom is 0.227 e. The summed E-state index contributed by atoms with van der Waals surface area (Å²) in [5, 5.41) is 3.08. The zero-order chi connectivity index (χ0) is 20.8. The van der Waals surface area contributed by atoms with Crippen molar-refractivity contribution in [3.63, 3.8) is 0 Å². The summed E-state index contributed by atoms with van der Waals surface area (Å²) in [7, 11) is 0. The minimum absolute atomic E-state index is 0.00961. The fourth-order valence-corrected chi connectivity index (χ4v) is 4.21. The second-order valence-electron chi connectivity index (χ2n) is 8.24. The first-order valence-electron chi connectivity index (χ1n) is 10.6. The van der Waals surface area contributed by atoms with E-state index in [1.54, 1.807) is 17.0 Å². The molecule has 2 aliphatic heterocycles. The van der Waals surface area contributed by atoms with E-state index < -0.39 is 0 Å². The van der Waals surface area contributed by atoms with Crippen LogP contribution in [-0.2, 0) is 20.7 Å². The normalized spacial score (nSPS) is 24.2. The molecule has 1 aromatic carbocycles. The average Bonchev–Trinajstić information content (AvgIpc) is 2.73. The van der Waals surface area contributed by atoms with Gasteiger partial charge in [-0.3, -0.25) is 14.5 Å². The number of hydrogen-bond donors (Lipinski definition) is 1. The van der Waals surface area contributed by atoms with Gasteiger partial charge in [-0.1, -0.05) is 12.1 Å². The van der Waals surface area contributed by atoms with E-state index in [0.29, 0.717) is 25.7 Å². The molecule has 2 amide bonds. The largest absolute Gasteiger partial charge is 0.379 e. The first kappa shape index (κ1) is 21.7. The third kappa shape index (κ3) is 6.00. The number of morpholine rings is 1. The van der Waals surface area contributed by atoms with Crippen molar-refractivity contribution in [2.45, 2.75) is 45.2 Å². The van der Waals surface area contributed by atoms with Crippen molar-refractivity contribution in [3.8, 4) is 0 Å². The van der Waals surface area contributed by atoms with E-state index in [1.807, 2.05) is 0 Å². The molecular weight excluding hydrogens is 373 g/mol. The Morgan fingerprint density at radius 1 is 1.28 bits per heavy atom. The number of piperidine rings is 1. The minimum atomic E-state index is -0.309. The van der Waals surface area contributed by atoms with E-state index in [-0.39, 0.29) is 36.0 Å². The molecule has 0 bridgehead atoms. The van der Waals surface area contributed by atoms with Crippen LogP contribution in [0.2, 0.25) is 0 Å². The summed E-state index contributed by atoms with van der Waals surface area (Å²) in [5.74, 6) is -0.464. The molecule has 160 valence electrons. The van der Waals surface area contributed by atoms with Crippen molar-refractivity contribution in [1.29, 1.82) is 0 Å². The predicted molar refractivity (Wildman–Crippen MR) is 109 cm³/mol. The maximum absolute atomic E-state index is 13.0. The van der Waals surface area contributed by atoms with Crippen LogP contribution < -0.4 is 5.32 Å². The molecule has 7 heteroatoms. The highest BCUT2D eigenvalue weighted by Crippen LogP contribution is 2.18. The number of ether oxygens (including phenoxy) is 1. The predicted octanol–water partition coefficient (Wildman–Crippen LogP) is 1.83. The first-order chi connectivity index (χ1) is 13.9. The van der Waals surface area contributed by atoms with Gasteiger partial charge in [0.05, 0.1) is 25.6 Å². The molecule has 0 aromatic heterocycles. The van der Waals surface area contributed by atoms with Gasteiger partial charge in [-0.15, -0.1) is 0 Å². The smallest absolute Gasteiger partial charge is 0.227 e. The van der Waals surface area contributed by atoms with Gasteiger partial charge in [0.1, 0.15) is 5.82 Å². The van der Waals surface area contributed by atoms with Gasteiger partial charge in [0.15, 0.2) is 0 Å². The van der Waals surface area contributed by atoms with E-state index in [4.69, 9.17) is 4.74 Å². The van der Waals surface area contributed by atoms with Gasteiger partial charge in [0.25, 0.3) is 0 Å². The molecule has 1 aromatic rings. The molecule has 29 heavy (non-hydrogen) atoms. The van der Waals surface area contributed by atoms with Crippen molar-refractivity contribution in [2.75, 3.05) is 39.4 Å². The van der Waals surface area contributed by atoms with E-state index >= 15 is 0 Å². The van der Waals surface area contributed by atoms with Crippen molar-refractivity contribution < 1.29 is 18.7 Å². The zero-order valence-electron chi connectivity index (χ0n) is 17.4. The summed E-state index contributed by atoms with van der Waals surface area (Å²) in [4.78, 5) is 29.4. The Hall–Kier alpha value is -1.99. The standard InChI is InChI=1S/C22H32FN3O3/c1-16(26-10-11-29-15-17(26)2)13-24-22(28)19-4-3-9-25(14-19)21(27)12-18-5-7-20(23)8-6-18/h5-8,16-17,19H,3-4,9-15H2,1-2H3,(H,24,28). The highest BCUT2D eigenvalue weighted by molar-refractivity contribution is 5.82. The fraction of sp³-hybridized carbons (Fsp3) is 0.636.